The molecular weight excluding hydrogens is 237 g/mol. The van der Waals surface area contributed by atoms with Gasteiger partial charge in [0, 0.05) is 12.6 Å². The fraction of sp³-hybridized carbons (Fsp3) is 0.462. The van der Waals surface area contributed by atoms with Crippen molar-refractivity contribution >= 4 is 5.97 Å². The summed E-state index contributed by atoms with van der Waals surface area (Å²) >= 11 is 0. The van der Waals surface area contributed by atoms with E-state index in [0.717, 1.165) is 5.56 Å². The monoisotopic (exact) mass is 255 g/mol. The number of aryl methyl sites for hydroxylation is 1. The number of rotatable bonds is 6. The van der Waals surface area contributed by atoms with Crippen molar-refractivity contribution in [2.45, 2.75) is 32.4 Å². The number of benzene rings is 1. The first-order chi connectivity index (χ1) is 8.40. The van der Waals surface area contributed by atoms with Crippen LogP contribution in [0.15, 0.2) is 18.2 Å². The molecule has 1 aromatic rings. The van der Waals surface area contributed by atoms with E-state index in [-0.39, 0.29) is 24.8 Å². The van der Waals surface area contributed by atoms with E-state index >= 15 is 0 Å². The van der Waals surface area contributed by atoms with Crippen LogP contribution in [0.2, 0.25) is 0 Å². The zero-order valence-corrected chi connectivity index (χ0v) is 10.5. The molecule has 0 fully saturated rings. The van der Waals surface area contributed by atoms with E-state index in [9.17, 15) is 14.3 Å². The molecule has 0 saturated heterocycles. The molecule has 3 N–H and O–H groups in total. The van der Waals surface area contributed by atoms with Gasteiger partial charge < -0.3 is 15.5 Å². The van der Waals surface area contributed by atoms with Crippen LogP contribution in [0.25, 0.3) is 0 Å². The van der Waals surface area contributed by atoms with Gasteiger partial charge in [0.05, 0.1) is 12.5 Å². The first kappa shape index (κ1) is 14.6. The number of hydrogen-bond acceptors (Lipinski definition) is 3. The van der Waals surface area contributed by atoms with Gasteiger partial charge in [-0.2, -0.15) is 0 Å². The molecule has 0 aliphatic carbocycles. The highest BCUT2D eigenvalue weighted by atomic mass is 19.1. The predicted molar refractivity (Wildman–Crippen MR) is 65.8 cm³/mol. The number of carboxylic acid groups (broad SMARTS) is 1. The van der Waals surface area contributed by atoms with Gasteiger partial charge in [-0.1, -0.05) is 12.1 Å². The summed E-state index contributed by atoms with van der Waals surface area (Å²) in [4.78, 5) is 10.4. The summed E-state index contributed by atoms with van der Waals surface area (Å²) in [5.74, 6) is -1.31. The minimum Gasteiger partial charge on any atom is -0.481 e. The lowest BCUT2D eigenvalue weighted by atomic mass is 10.1. The molecule has 100 valence electrons. The highest BCUT2D eigenvalue weighted by Gasteiger charge is 2.12. The summed E-state index contributed by atoms with van der Waals surface area (Å²) in [6.07, 6.45) is -1.25. The molecule has 0 spiro atoms. The molecule has 0 bridgehead atoms. The Morgan fingerprint density at radius 1 is 1.50 bits per heavy atom. The maximum absolute atomic E-state index is 13.4. The van der Waals surface area contributed by atoms with Crippen molar-refractivity contribution in [3.05, 3.63) is 35.1 Å². The van der Waals surface area contributed by atoms with Crippen molar-refractivity contribution in [2.75, 3.05) is 6.54 Å². The number of nitrogens with one attached hydrogen (secondary N) is 1. The average molecular weight is 255 g/mol. The fourth-order valence-corrected chi connectivity index (χ4v) is 1.58. The Bertz CT molecular complexity index is 423. The van der Waals surface area contributed by atoms with Crippen molar-refractivity contribution in [3.63, 3.8) is 0 Å². The molecule has 0 aliphatic rings. The molecule has 2 atom stereocenters. The molecular formula is C13H18FNO3. The zero-order valence-electron chi connectivity index (χ0n) is 10.5. The van der Waals surface area contributed by atoms with E-state index in [1.54, 1.807) is 19.1 Å². The minimum absolute atomic E-state index is 0.149. The molecule has 2 unspecified atom stereocenters. The molecule has 0 amide bonds. The first-order valence-corrected chi connectivity index (χ1v) is 5.79. The Balaban J connectivity index is 2.52. The standard InChI is InChI=1S/C13H18FNO3/c1-8-3-4-10(5-12(8)14)9(2)15-7-11(16)6-13(17)18/h3-5,9,11,15-16H,6-7H2,1-2H3,(H,17,18). The normalized spacial score (nSPS) is 14.2. The third-order valence-corrected chi connectivity index (χ3v) is 2.77. The molecule has 0 radical (unpaired) electrons. The molecule has 0 saturated carbocycles. The van der Waals surface area contributed by atoms with Crippen molar-refractivity contribution in [2.24, 2.45) is 0 Å². The third-order valence-electron chi connectivity index (χ3n) is 2.77. The van der Waals surface area contributed by atoms with Crippen molar-refractivity contribution in [1.29, 1.82) is 0 Å². The number of aliphatic hydroxyl groups excluding tert-OH is 1. The molecule has 1 rings (SSSR count). The second-order valence-corrected chi connectivity index (χ2v) is 4.39. The van der Waals surface area contributed by atoms with Gasteiger partial charge in [-0.05, 0) is 31.0 Å². The molecule has 5 heteroatoms. The summed E-state index contributed by atoms with van der Waals surface area (Å²) in [5, 5.41) is 20.9. The summed E-state index contributed by atoms with van der Waals surface area (Å²) in [7, 11) is 0. The van der Waals surface area contributed by atoms with E-state index < -0.39 is 12.1 Å². The highest BCUT2D eigenvalue weighted by molar-refractivity contribution is 5.67. The Morgan fingerprint density at radius 2 is 2.17 bits per heavy atom. The smallest absolute Gasteiger partial charge is 0.306 e. The lowest BCUT2D eigenvalue weighted by molar-refractivity contribution is -0.139. The third kappa shape index (κ3) is 4.43. The summed E-state index contributed by atoms with van der Waals surface area (Å²) in [5.41, 5.74) is 1.34. The van der Waals surface area contributed by atoms with Crippen LogP contribution in [0, 0.1) is 12.7 Å². The SMILES string of the molecule is Cc1ccc(C(C)NCC(O)CC(=O)O)cc1F. The Hall–Kier alpha value is -1.46. The lowest BCUT2D eigenvalue weighted by Gasteiger charge is -2.17. The van der Waals surface area contributed by atoms with Crippen LogP contribution in [0.5, 0.6) is 0 Å². The van der Waals surface area contributed by atoms with E-state index in [1.807, 2.05) is 6.92 Å². The summed E-state index contributed by atoms with van der Waals surface area (Å²) < 4.78 is 13.4. The summed E-state index contributed by atoms with van der Waals surface area (Å²) in [6, 6.07) is 4.79. The number of hydrogen-bond donors (Lipinski definition) is 3. The van der Waals surface area contributed by atoms with Crippen LogP contribution >= 0.6 is 0 Å². The minimum atomic E-state index is -1.04. The average Bonchev–Trinajstić information content (AvgIpc) is 2.28. The van der Waals surface area contributed by atoms with Gasteiger partial charge in [-0.15, -0.1) is 0 Å². The number of aliphatic carboxylic acids is 1. The number of halogens is 1. The molecule has 0 aromatic heterocycles. The first-order valence-electron chi connectivity index (χ1n) is 5.79. The van der Waals surface area contributed by atoms with Crippen LogP contribution in [0.4, 0.5) is 4.39 Å². The van der Waals surface area contributed by atoms with Crippen LogP contribution in [-0.2, 0) is 4.79 Å². The Morgan fingerprint density at radius 3 is 2.72 bits per heavy atom. The van der Waals surface area contributed by atoms with Crippen molar-refractivity contribution in [3.8, 4) is 0 Å². The highest BCUT2D eigenvalue weighted by Crippen LogP contribution is 2.16. The predicted octanol–water partition coefficient (Wildman–Crippen LogP) is 1.62. The van der Waals surface area contributed by atoms with E-state index in [4.69, 9.17) is 5.11 Å². The molecule has 1 aromatic carbocycles. The number of carboxylic acids is 1. The van der Waals surface area contributed by atoms with Crippen LogP contribution in [-0.4, -0.2) is 28.8 Å². The van der Waals surface area contributed by atoms with Crippen LogP contribution in [0.3, 0.4) is 0 Å². The van der Waals surface area contributed by atoms with Gasteiger partial charge in [0.2, 0.25) is 0 Å². The van der Waals surface area contributed by atoms with Gasteiger partial charge in [0.1, 0.15) is 5.82 Å². The molecule has 0 aliphatic heterocycles. The topological polar surface area (TPSA) is 69.6 Å². The van der Waals surface area contributed by atoms with Crippen molar-refractivity contribution in [1.82, 2.24) is 5.32 Å². The number of aliphatic hydroxyl groups is 1. The van der Waals surface area contributed by atoms with Crippen LogP contribution in [0.1, 0.15) is 30.5 Å². The maximum Gasteiger partial charge on any atom is 0.306 e. The Kier molecular flexibility index (Phi) is 5.25. The quantitative estimate of drug-likeness (QED) is 0.722. The lowest BCUT2D eigenvalue weighted by Crippen LogP contribution is -2.30. The van der Waals surface area contributed by atoms with Gasteiger partial charge in [-0.25, -0.2) is 4.39 Å². The molecule has 4 nitrogen and oxygen atoms in total. The summed E-state index contributed by atoms with van der Waals surface area (Å²) in [6.45, 7) is 3.67. The maximum atomic E-state index is 13.4. The van der Waals surface area contributed by atoms with Crippen LogP contribution < -0.4 is 5.32 Å². The van der Waals surface area contributed by atoms with E-state index in [1.165, 1.54) is 6.07 Å². The largest absolute Gasteiger partial charge is 0.481 e. The van der Waals surface area contributed by atoms with E-state index in [0.29, 0.717) is 5.56 Å². The van der Waals surface area contributed by atoms with Gasteiger partial charge in [-0.3, -0.25) is 4.79 Å². The fourth-order valence-electron chi connectivity index (χ4n) is 1.58. The van der Waals surface area contributed by atoms with Crippen molar-refractivity contribution < 1.29 is 19.4 Å². The number of carbonyl (C=O) groups is 1. The Labute approximate surface area is 105 Å². The van der Waals surface area contributed by atoms with Gasteiger partial charge in [0.25, 0.3) is 0 Å². The molecule has 18 heavy (non-hydrogen) atoms. The van der Waals surface area contributed by atoms with Gasteiger partial charge in [0.15, 0.2) is 0 Å². The zero-order chi connectivity index (χ0) is 13.7. The second kappa shape index (κ2) is 6.47. The van der Waals surface area contributed by atoms with Gasteiger partial charge >= 0.3 is 5.97 Å². The molecule has 0 heterocycles. The van der Waals surface area contributed by atoms with E-state index in [2.05, 4.69) is 5.32 Å². The second-order valence-electron chi connectivity index (χ2n) is 4.39.